The fourth-order valence-electron chi connectivity index (χ4n) is 4.47. The predicted molar refractivity (Wildman–Crippen MR) is 123 cm³/mol. The van der Waals surface area contributed by atoms with Gasteiger partial charge in [-0.2, -0.15) is 0 Å². The molecule has 2 aromatic carbocycles. The van der Waals surface area contributed by atoms with E-state index in [0.717, 1.165) is 44.5 Å². The highest BCUT2D eigenvalue weighted by molar-refractivity contribution is 6.35. The van der Waals surface area contributed by atoms with Gasteiger partial charge in [-0.05, 0) is 61.2 Å². The Labute approximate surface area is 188 Å². The largest absolute Gasteiger partial charge is 0.374 e. The van der Waals surface area contributed by atoms with Gasteiger partial charge in [0.2, 0.25) is 0 Å². The molecule has 31 heavy (non-hydrogen) atoms. The molecule has 0 unspecified atom stereocenters. The third kappa shape index (κ3) is 5.02. The normalized spacial score (nSPS) is 16.8. The Morgan fingerprint density at radius 3 is 2.55 bits per heavy atom. The molecule has 164 valence electrons. The summed E-state index contributed by atoms with van der Waals surface area (Å²) in [6.07, 6.45) is 3.37. The summed E-state index contributed by atoms with van der Waals surface area (Å²) < 4.78 is 0. The van der Waals surface area contributed by atoms with Gasteiger partial charge in [0.05, 0.1) is 6.04 Å². The van der Waals surface area contributed by atoms with Crippen LogP contribution in [-0.2, 0) is 22.6 Å². The Morgan fingerprint density at radius 1 is 1.03 bits per heavy atom. The van der Waals surface area contributed by atoms with Crippen molar-refractivity contribution in [1.29, 1.82) is 0 Å². The third-order valence-electron chi connectivity index (χ3n) is 6.26. The summed E-state index contributed by atoms with van der Waals surface area (Å²) >= 11 is 6.12. The molecule has 2 amide bonds. The number of likely N-dealkylation sites (N-methyl/N-ethyl adjacent to an activating group) is 1. The topological polar surface area (TPSA) is 64.7 Å². The van der Waals surface area contributed by atoms with E-state index in [4.69, 9.17) is 11.6 Å². The average molecular weight is 441 g/mol. The van der Waals surface area contributed by atoms with E-state index in [2.05, 4.69) is 45.7 Å². The Morgan fingerprint density at radius 2 is 1.77 bits per heavy atom. The van der Waals surface area contributed by atoms with E-state index < -0.39 is 11.8 Å². The maximum absolute atomic E-state index is 12.4. The van der Waals surface area contributed by atoms with E-state index in [0.29, 0.717) is 11.6 Å². The number of carbonyl (C=O) groups is 2. The summed E-state index contributed by atoms with van der Waals surface area (Å²) in [5.41, 5.74) is 4.62. The van der Waals surface area contributed by atoms with Crippen LogP contribution in [0.3, 0.4) is 0 Å². The van der Waals surface area contributed by atoms with Crippen LogP contribution < -0.4 is 15.5 Å². The average Bonchev–Trinajstić information content (AvgIpc) is 3.43. The van der Waals surface area contributed by atoms with E-state index in [9.17, 15) is 9.59 Å². The Kier molecular flexibility index (Phi) is 6.78. The molecule has 0 radical (unpaired) electrons. The van der Waals surface area contributed by atoms with Crippen molar-refractivity contribution in [3.05, 3.63) is 64.2 Å². The smallest absolute Gasteiger partial charge is 0.309 e. The number of halogens is 1. The van der Waals surface area contributed by atoms with Crippen LogP contribution in [0.25, 0.3) is 0 Å². The number of nitrogens with one attached hydrogen (secondary N) is 2. The summed E-state index contributed by atoms with van der Waals surface area (Å²) in [6.45, 7) is 3.69. The van der Waals surface area contributed by atoms with Crippen LogP contribution in [0.15, 0.2) is 42.5 Å². The second-order valence-electron chi connectivity index (χ2n) is 8.30. The van der Waals surface area contributed by atoms with Crippen molar-refractivity contribution in [1.82, 2.24) is 15.5 Å². The lowest BCUT2D eigenvalue weighted by molar-refractivity contribution is -0.139. The van der Waals surface area contributed by atoms with Gasteiger partial charge in [0.1, 0.15) is 0 Å². The molecule has 1 saturated heterocycles. The molecular weight excluding hydrogens is 412 g/mol. The summed E-state index contributed by atoms with van der Waals surface area (Å²) in [5.74, 6) is -1.26. The highest BCUT2D eigenvalue weighted by Gasteiger charge is 2.27. The number of likely N-dealkylation sites (tertiary alicyclic amines) is 1. The van der Waals surface area contributed by atoms with Crippen molar-refractivity contribution in [2.24, 2.45) is 0 Å². The monoisotopic (exact) mass is 440 g/mol. The van der Waals surface area contributed by atoms with Crippen LogP contribution in [0.2, 0.25) is 5.02 Å². The summed E-state index contributed by atoms with van der Waals surface area (Å²) in [5, 5.41) is 6.08. The van der Waals surface area contributed by atoms with Gasteiger partial charge in [0.25, 0.3) is 0 Å². The molecule has 1 atom stereocenters. The highest BCUT2D eigenvalue weighted by atomic mass is 35.5. The van der Waals surface area contributed by atoms with Crippen LogP contribution in [0.1, 0.15) is 35.6 Å². The Bertz CT molecular complexity index is 958. The first-order valence-electron chi connectivity index (χ1n) is 10.9. The summed E-state index contributed by atoms with van der Waals surface area (Å²) in [4.78, 5) is 29.4. The SMILES string of the molecule is CN1CCc2cc([C@H](CNC(=O)C(=O)NCc3ccccc3Cl)N3CCCC3)ccc21. The van der Waals surface area contributed by atoms with Crippen molar-refractivity contribution >= 4 is 29.1 Å². The molecule has 7 heteroatoms. The molecule has 2 heterocycles. The second-order valence-corrected chi connectivity index (χ2v) is 8.71. The van der Waals surface area contributed by atoms with Crippen molar-refractivity contribution in [2.75, 3.05) is 38.1 Å². The molecule has 6 nitrogen and oxygen atoms in total. The van der Waals surface area contributed by atoms with E-state index in [-0.39, 0.29) is 12.6 Å². The third-order valence-corrected chi connectivity index (χ3v) is 6.63. The predicted octanol–water partition coefficient (Wildman–Crippen LogP) is 2.90. The number of hydrogen-bond acceptors (Lipinski definition) is 4. The van der Waals surface area contributed by atoms with Crippen LogP contribution in [0.5, 0.6) is 0 Å². The standard InChI is InChI=1S/C24H29ClN4O2/c1-28-13-10-18-14-17(8-9-21(18)28)22(29-11-4-5-12-29)16-27-24(31)23(30)26-15-19-6-2-3-7-20(19)25/h2-3,6-9,14,22H,4-5,10-13,15-16H2,1H3,(H,26,30)(H,27,31)/t22-/m0/s1. The number of fused-ring (bicyclic) bond motifs is 1. The molecule has 2 N–H and O–H groups in total. The quantitative estimate of drug-likeness (QED) is 0.678. The maximum Gasteiger partial charge on any atom is 0.309 e. The van der Waals surface area contributed by atoms with Crippen molar-refractivity contribution in [2.45, 2.75) is 31.8 Å². The number of rotatable bonds is 6. The van der Waals surface area contributed by atoms with Gasteiger partial charge in [-0.1, -0.05) is 41.9 Å². The number of carbonyl (C=O) groups excluding carboxylic acids is 2. The van der Waals surface area contributed by atoms with Crippen LogP contribution in [0, 0.1) is 0 Å². The van der Waals surface area contributed by atoms with Gasteiger partial charge in [-0.15, -0.1) is 0 Å². The van der Waals surface area contributed by atoms with Gasteiger partial charge in [-0.3, -0.25) is 14.5 Å². The lowest BCUT2D eigenvalue weighted by Crippen LogP contribution is -2.43. The molecule has 4 rings (SSSR count). The lowest BCUT2D eigenvalue weighted by atomic mass is 10.0. The molecule has 0 aromatic heterocycles. The van der Waals surface area contributed by atoms with E-state index in [1.807, 2.05) is 18.2 Å². The zero-order valence-electron chi connectivity index (χ0n) is 17.9. The van der Waals surface area contributed by atoms with Gasteiger partial charge in [0.15, 0.2) is 0 Å². The van der Waals surface area contributed by atoms with Gasteiger partial charge in [0, 0.05) is 37.4 Å². The lowest BCUT2D eigenvalue weighted by Gasteiger charge is -2.28. The van der Waals surface area contributed by atoms with Crippen LogP contribution in [-0.4, -0.2) is 49.9 Å². The summed E-state index contributed by atoms with van der Waals surface area (Å²) in [7, 11) is 2.12. The van der Waals surface area contributed by atoms with Gasteiger partial charge >= 0.3 is 11.8 Å². The Hall–Kier alpha value is -2.57. The van der Waals surface area contributed by atoms with Crippen LogP contribution >= 0.6 is 11.6 Å². The number of nitrogens with zero attached hydrogens (tertiary/aromatic N) is 2. The van der Waals surface area contributed by atoms with Gasteiger partial charge < -0.3 is 15.5 Å². The molecule has 0 bridgehead atoms. The number of anilines is 1. The van der Waals surface area contributed by atoms with Crippen molar-refractivity contribution in [3.8, 4) is 0 Å². The fourth-order valence-corrected chi connectivity index (χ4v) is 4.67. The Balaban J connectivity index is 1.39. The molecule has 2 aromatic rings. The first-order valence-corrected chi connectivity index (χ1v) is 11.3. The first kappa shape index (κ1) is 21.7. The maximum atomic E-state index is 12.4. The molecule has 0 aliphatic carbocycles. The summed E-state index contributed by atoms with van der Waals surface area (Å²) in [6, 6.07) is 13.9. The molecular formula is C24H29ClN4O2. The zero-order chi connectivity index (χ0) is 21.8. The number of hydrogen-bond donors (Lipinski definition) is 2. The van der Waals surface area contributed by atoms with Crippen molar-refractivity contribution < 1.29 is 9.59 Å². The van der Waals surface area contributed by atoms with E-state index in [1.54, 1.807) is 6.07 Å². The minimum Gasteiger partial charge on any atom is -0.374 e. The fraction of sp³-hybridized carbons (Fsp3) is 0.417. The van der Waals surface area contributed by atoms with E-state index in [1.165, 1.54) is 16.8 Å². The minimum atomic E-state index is -0.643. The molecule has 0 saturated carbocycles. The minimum absolute atomic E-state index is 0.0685. The molecule has 2 aliphatic heterocycles. The number of benzene rings is 2. The van der Waals surface area contributed by atoms with Crippen LogP contribution in [0.4, 0.5) is 5.69 Å². The van der Waals surface area contributed by atoms with E-state index >= 15 is 0 Å². The number of amides is 2. The first-order chi connectivity index (χ1) is 15.0. The zero-order valence-corrected chi connectivity index (χ0v) is 18.6. The highest BCUT2D eigenvalue weighted by Crippen LogP contribution is 2.32. The second kappa shape index (κ2) is 9.71. The molecule has 2 aliphatic rings. The van der Waals surface area contributed by atoms with Crippen molar-refractivity contribution in [3.63, 3.8) is 0 Å². The molecule has 1 fully saturated rings. The van der Waals surface area contributed by atoms with Gasteiger partial charge in [-0.25, -0.2) is 0 Å². The molecule has 0 spiro atoms.